The molecule has 2 aromatic rings. The lowest BCUT2D eigenvalue weighted by atomic mass is 10.2. The van der Waals surface area contributed by atoms with E-state index in [1.54, 1.807) is 9.80 Å². The predicted molar refractivity (Wildman–Crippen MR) is 91.0 cm³/mol. The minimum Gasteiger partial charge on any atom is -0.326 e. The maximum atomic E-state index is 12.8. The molecule has 2 amide bonds. The van der Waals surface area contributed by atoms with Gasteiger partial charge >= 0.3 is 0 Å². The first-order chi connectivity index (χ1) is 11.1. The van der Waals surface area contributed by atoms with Crippen molar-refractivity contribution < 1.29 is 9.59 Å². The van der Waals surface area contributed by atoms with Gasteiger partial charge in [0.15, 0.2) is 5.15 Å². The van der Waals surface area contributed by atoms with Gasteiger partial charge in [0.1, 0.15) is 10.9 Å². The van der Waals surface area contributed by atoms with Crippen LogP contribution in [0.3, 0.4) is 0 Å². The van der Waals surface area contributed by atoms with Crippen LogP contribution >= 0.6 is 22.9 Å². The number of carbonyl (C=O) groups is 2. The van der Waals surface area contributed by atoms with Gasteiger partial charge in [0.25, 0.3) is 5.91 Å². The smallest absolute Gasteiger partial charge is 0.267 e. The Labute approximate surface area is 143 Å². The molecule has 3 rings (SSSR count). The van der Waals surface area contributed by atoms with Crippen LogP contribution in [-0.2, 0) is 4.79 Å². The topological polar surface area (TPSA) is 53.5 Å². The SMILES string of the molecule is CCN(C(=O)c1scnc1Cl)[C@@H]1CCN(c2ccccc2)C1=O. The van der Waals surface area contributed by atoms with Gasteiger partial charge in [0, 0.05) is 18.8 Å². The number of carbonyl (C=O) groups excluding carboxylic acids is 2. The Morgan fingerprint density at radius 1 is 1.43 bits per heavy atom. The van der Waals surface area contributed by atoms with E-state index in [0.717, 1.165) is 5.69 Å². The van der Waals surface area contributed by atoms with Crippen LogP contribution in [0.15, 0.2) is 35.8 Å². The van der Waals surface area contributed by atoms with Crippen molar-refractivity contribution >= 4 is 40.4 Å². The molecule has 1 aliphatic heterocycles. The minimum absolute atomic E-state index is 0.0490. The number of likely N-dealkylation sites (N-methyl/N-ethyl adjacent to an activating group) is 1. The normalized spacial score (nSPS) is 17.6. The van der Waals surface area contributed by atoms with Crippen molar-refractivity contribution in [3.63, 3.8) is 0 Å². The highest BCUT2D eigenvalue weighted by Gasteiger charge is 2.39. The molecular formula is C16H16ClN3O2S. The summed E-state index contributed by atoms with van der Waals surface area (Å²) in [5, 5.41) is 0.198. The Kier molecular flexibility index (Phi) is 4.63. The summed E-state index contributed by atoms with van der Waals surface area (Å²) in [4.78, 5) is 33.0. The largest absolute Gasteiger partial charge is 0.326 e. The number of benzene rings is 1. The van der Waals surface area contributed by atoms with Gasteiger partial charge in [-0.15, -0.1) is 11.3 Å². The van der Waals surface area contributed by atoms with E-state index in [1.807, 2.05) is 37.3 Å². The summed E-state index contributed by atoms with van der Waals surface area (Å²) in [6, 6.07) is 9.06. The number of amides is 2. The van der Waals surface area contributed by atoms with Gasteiger partial charge in [0.2, 0.25) is 5.91 Å². The number of nitrogens with zero attached hydrogens (tertiary/aromatic N) is 3. The lowest BCUT2D eigenvalue weighted by Gasteiger charge is -2.26. The number of aromatic nitrogens is 1. The number of rotatable bonds is 4. The van der Waals surface area contributed by atoms with Crippen LogP contribution in [0.25, 0.3) is 0 Å². The van der Waals surface area contributed by atoms with Gasteiger partial charge in [0.05, 0.1) is 5.51 Å². The third-order valence-electron chi connectivity index (χ3n) is 3.94. The Morgan fingerprint density at radius 2 is 2.17 bits per heavy atom. The van der Waals surface area contributed by atoms with E-state index in [4.69, 9.17) is 11.6 Å². The van der Waals surface area contributed by atoms with Crippen LogP contribution in [0.1, 0.15) is 23.0 Å². The van der Waals surface area contributed by atoms with E-state index in [1.165, 1.54) is 16.8 Å². The van der Waals surface area contributed by atoms with Crippen LogP contribution in [0.5, 0.6) is 0 Å². The molecule has 0 spiro atoms. The van der Waals surface area contributed by atoms with Crippen molar-refractivity contribution in [1.29, 1.82) is 0 Å². The van der Waals surface area contributed by atoms with Crippen molar-refractivity contribution in [2.75, 3.05) is 18.0 Å². The van der Waals surface area contributed by atoms with Crippen LogP contribution < -0.4 is 4.90 Å². The second-order valence-corrected chi connectivity index (χ2v) is 6.41. The molecular weight excluding hydrogens is 334 g/mol. The quantitative estimate of drug-likeness (QED) is 0.852. The fourth-order valence-corrected chi connectivity index (χ4v) is 3.78. The third kappa shape index (κ3) is 2.96. The average molecular weight is 350 g/mol. The number of hydrogen-bond acceptors (Lipinski definition) is 4. The van der Waals surface area contributed by atoms with E-state index < -0.39 is 6.04 Å². The molecule has 1 atom stereocenters. The summed E-state index contributed by atoms with van der Waals surface area (Å²) in [6.07, 6.45) is 0.615. The number of para-hydroxylation sites is 1. The summed E-state index contributed by atoms with van der Waals surface area (Å²) in [7, 11) is 0. The zero-order valence-corrected chi connectivity index (χ0v) is 14.2. The zero-order valence-electron chi connectivity index (χ0n) is 12.6. The van der Waals surface area contributed by atoms with Crippen molar-refractivity contribution in [3.05, 3.63) is 45.9 Å². The Hall–Kier alpha value is -1.92. The molecule has 7 heteroatoms. The molecule has 1 aliphatic rings. The molecule has 0 bridgehead atoms. The van der Waals surface area contributed by atoms with Gasteiger partial charge in [-0.25, -0.2) is 4.98 Å². The van der Waals surface area contributed by atoms with E-state index in [2.05, 4.69) is 4.98 Å². The summed E-state index contributed by atoms with van der Waals surface area (Å²) in [5.41, 5.74) is 2.40. The molecule has 1 aromatic carbocycles. The maximum absolute atomic E-state index is 12.8. The molecule has 0 aliphatic carbocycles. The van der Waals surface area contributed by atoms with Gasteiger partial charge in [-0.05, 0) is 25.5 Å². The first-order valence-electron chi connectivity index (χ1n) is 7.40. The molecule has 0 saturated carbocycles. The Balaban J connectivity index is 1.82. The van der Waals surface area contributed by atoms with E-state index in [9.17, 15) is 9.59 Å². The van der Waals surface area contributed by atoms with Crippen LogP contribution in [-0.4, -0.2) is 40.8 Å². The average Bonchev–Trinajstić information content (AvgIpc) is 3.15. The van der Waals surface area contributed by atoms with Crippen molar-refractivity contribution in [2.24, 2.45) is 0 Å². The number of hydrogen-bond donors (Lipinski definition) is 0. The lowest BCUT2D eigenvalue weighted by molar-refractivity contribution is -0.120. The van der Waals surface area contributed by atoms with Gasteiger partial charge in [-0.3, -0.25) is 9.59 Å². The predicted octanol–water partition coefficient (Wildman–Crippen LogP) is 3.06. The summed E-state index contributed by atoms with van der Waals surface area (Å²) in [5.74, 6) is -0.278. The Morgan fingerprint density at radius 3 is 2.78 bits per heavy atom. The van der Waals surface area contributed by atoms with E-state index in [-0.39, 0.29) is 17.0 Å². The summed E-state index contributed by atoms with van der Waals surface area (Å²) in [6.45, 7) is 2.92. The van der Waals surface area contributed by atoms with Crippen molar-refractivity contribution in [1.82, 2.24) is 9.88 Å². The maximum Gasteiger partial charge on any atom is 0.267 e. The molecule has 1 saturated heterocycles. The second kappa shape index (κ2) is 6.68. The fourth-order valence-electron chi connectivity index (χ4n) is 2.83. The highest BCUT2D eigenvalue weighted by Crippen LogP contribution is 2.27. The molecule has 5 nitrogen and oxygen atoms in total. The molecule has 0 unspecified atom stereocenters. The van der Waals surface area contributed by atoms with Crippen molar-refractivity contribution in [3.8, 4) is 0 Å². The zero-order chi connectivity index (χ0) is 16.4. The monoisotopic (exact) mass is 349 g/mol. The fraction of sp³-hybridized carbons (Fsp3) is 0.312. The molecule has 1 aromatic heterocycles. The Bertz CT molecular complexity index is 719. The van der Waals surface area contributed by atoms with Gasteiger partial charge < -0.3 is 9.80 Å². The molecule has 0 radical (unpaired) electrons. The van der Waals surface area contributed by atoms with E-state index in [0.29, 0.717) is 24.4 Å². The van der Waals surface area contributed by atoms with Crippen molar-refractivity contribution in [2.45, 2.75) is 19.4 Å². The summed E-state index contributed by atoms with van der Waals surface area (Å²) >= 11 is 7.16. The highest BCUT2D eigenvalue weighted by atomic mass is 35.5. The van der Waals surface area contributed by atoms with Crippen LogP contribution in [0, 0.1) is 0 Å². The molecule has 2 heterocycles. The molecule has 23 heavy (non-hydrogen) atoms. The van der Waals surface area contributed by atoms with Gasteiger partial charge in [-0.2, -0.15) is 0 Å². The second-order valence-electron chi connectivity index (χ2n) is 5.19. The third-order valence-corrected chi connectivity index (χ3v) is 5.15. The summed E-state index contributed by atoms with van der Waals surface area (Å²) < 4.78 is 0. The molecule has 120 valence electrons. The lowest BCUT2D eigenvalue weighted by Crippen LogP contribution is -2.45. The van der Waals surface area contributed by atoms with Crippen LogP contribution in [0.2, 0.25) is 5.15 Å². The first kappa shape index (κ1) is 16.0. The number of thiazole rings is 1. The molecule has 0 N–H and O–H groups in total. The number of anilines is 1. The first-order valence-corrected chi connectivity index (χ1v) is 8.65. The number of halogens is 1. The minimum atomic E-state index is -0.453. The van der Waals surface area contributed by atoms with Crippen LogP contribution in [0.4, 0.5) is 5.69 Å². The molecule has 1 fully saturated rings. The highest BCUT2D eigenvalue weighted by molar-refractivity contribution is 7.12. The van der Waals surface area contributed by atoms with Gasteiger partial charge in [-0.1, -0.05) is 29.8 Å². The standard InChI is InChI=1S/C16H16ClN3O2S/c1-2-19(16(22)13-14(17)18-10-23-13)12-8-9-20(15(12)21)11-6-4-3-5-7-11/h3-7,10,12H,2,8-9H2,1H3/t12-/m1/s1. The van der Waals surface area contributed by atoms with E-state index >= 15 is 0 Å².